The van der Waals surface area contributed by atoms with Gasteiger partial charge in [0.2, 0.25) is 10.0 Å². The Morgan fingerprint density at radius 2 is 1.94 bits per heavy atom. The van der Waals surface area contributed by atoms with Crippen LogP contribution in [-0.4, -0.2) is 19.3 Å². The molecule has 0 atom stereocenters. The summed E-state index contributed by atoms with van der Waals surface area (Å²) in [5, 5.41) is 9.36. The lowest BCUT2D eigenvalue weighted by Crippen LogP contribution is -2.21. The minimum absolute atomic E-state index is 0.00219. The summed E-state index contributed by atoms with van der Waals surface area (Å²) >= 11 is 5.84. The van der Waals surface area contributed by atoms with Crippen molar-refractivity contribution in [3.05, 3.63) is 23.2 Å². The first-order valence-electron chi connectivity index (χ1n) is 5.58. The van der Waals surface area contributed by atoms with Gasteiger partial charge in [0.25, 0.3) is 0 Å². The fraction of sp³-hybridized carbons (Fsp3) is 0.500. The first-order chi connectivity index (χ1) is 8.09. The van der Waals surface area contributed by atoms with Crippen LogP contribution in [0, 0.1) is 5.41 Å². The van der Waals surface area contributed by atoms with Crippen molar-refractivity contribution < 1.29 is 13.5 Å². The van der Waals surface area contributed by atoms with Crippen LogP contribution in [-0.2, 0) is 10.0 Å². The lowest BCUT2D eigenvalue weighted by atomic mass is 9.94. The van der Waals surface area contributed by atoms with Gasteiger partial charge in [0, 0.05) is 6.07 Å². The van der Waals surface area contributed by atoms with E-state index in [1.165, 1.54) is 18.2 Å². The van der Waals surface area contributed by atoms with Gasteiger partial charge in [0.05, 0.1) is 16.5 Å². The van der Waals surface area contributed by atoms with Crippen LogP contribution in [0.1, 0.15) is 27.2 Å². The molecule has 0 amide bonds. The molecular formula is C12H18ClNO3S. The summed E-state index contributed by atoms with van der Waals surface area (Å²) in [5.74, 6) is 0.0332. The van der Waals surface area contributed by atoms with Crippen molar-refractivity contribution in [1.29, 1.82) is 0 Å². The predicted octanol–water partition coefficient (Wildman–Crippen LogP) is 3.22. The van der Waals surface area contributed by atoms with Crippen LogP contribution in [0.15, 0.2) is 18.2 Å². The summed E-state index contributed by atoms with van der Waals surface area (Å²) in [6, 6.07) is 4.11. The van der Waals surface area contributed by atoms with Gasteiger partial charge in [-0.1, -0.05) is 32.4 Å². The molecule has 102 valence electrons. The van der Waals surface area contributed by atoms with Gasteiger partial charge in [-0.2, -0.15) is 0 Å². The third-order valence-corrected chi connectivity index (χ3v) is 3.92. The highest BCUT2D eigenvalue weighted by atomic mass is 35.5. The van der Waals surface area contributed by atoms with E-state index in [1.807, 2.05) is 20.8 Å². The average molecular weight is 292 g/mol. The Hall–Kier alpha value is -0.940. The lowest BCUT2D eigenvalue weighted by molar-refractivity contribution is 0.397. The largest absolute Gasteiger partial charge is 0.508 e. The number of benzene rings is 1. The highest BCUT2D eigenvalue weighted by Crippen LogP contribution is 2.27. The summed E-state index contributed by atoms with van der Waals surface area (Å²) in [4.78, 5) is 0. The summed E-state index contributed by atoms with van der Waals surface area (Å²) in [6.07, 6.45) is 0.554. The van der Waals surface area contributed by atoms with Crippen molar-refractivity contribution in [3.63, 3.8) is 0 Å². The minimum atomic E-state index is -3.42. The van der Waals surface area contributed by atoms with Gasteiger partial charge in [-0.05, 0) is 24.0 Å². The zero-order valence-corrected chi connectivity index (χ0v) is 12.3. The molecule has 0 unspecified atom stereocenters. The molecule has 0 fully saturated rings. The molecule has 0 saturated carbocycles. The van der Waals surface area contributed by atoms with Gasteiger partial charge in [-0.25, -0.2) is 8.42 Å². The van der Waals surface area contributed by atoms with Crippen molar-refractivity contribution in [3.8, 4) is 5.75 Å². The second-order valence-corrected chi connectivity index (χ2v) is 7.64. The Morgan fingerprint density at radius 1 is 1.33 bits per heavy atom. The smallest absolute Gasteiger partial charge is 0.232 e. The highest BCUT2D eigenvalue weighted by Gasteiger charge is 2.18. The molecule has 1 aromatic carbocycles. The average Bonchev–Trinajstić information content (AvgIpc) is 2.19. The van der Waals surface area contributed by atoms with E-state index >= 15 is 0 Å². The molecule has 0 spiro atoms. The maximum absolute atomic E-state index is 11.9. The molecule has 0 aliphatic carbocycles. The van der Waals surface area contributed by atoms with Crippen LogP contribution in [0.3, 0.4) is 0 Å². The van der Waals surface area contributed by atoms with Gasteiger partial charge in [-0.15, -0.1) is 0 Å². The van der Waals surface area contributed by atoms with Crippen LogP contribution in [0.5, 0.6) is 5.75 Å². The number of anilines is 1. The highest BCUT2D eigenvalue weighted by molar-refractivity contribution is 7.92. The number of aromatic hydroxyl groups is 1. The Morgan fingerprint density at radius 3 is 2.44 bits per heavy atom. The van der Waals surface area contributed by atoms with Gasteiger partial charge >= 0.3 is 0 Å². The summed E-state index contributed by atoms with van der Waals surface area (Å²) in [5.41, 5.74) is 0.233. The van der Waals surface area contributed by atoms with E-state index in [0.29, 0.717) is 6.42 Å². The number of hydrogen-bond acceptors (Lipinski definition) is 3. The first-order valence-corrected chi connectivity index (χ1v) is 7.61. The molecule has 6 heteroatoms. The Kier molecular flexibility index (Phi) is 4.50. The van der Waals surface area contributed by atoms with Gasteiger partial charge < -0.3 is 5.11 Å². The summed E-state index contributed by atoms with van der Waals surface area (Å²) < 4.78 is 26.1. The summed E-state index contributed by atoms with van der Waals surface area (Å²) in [7, 11) is -3.42. The third kappa shape index (κ3) is 5.14. The van der Waals surface area contributed by atoms with E-state index in [2.05, 4.69) is 4.72 Å². The van der Waals surface area contributed by atoms with Crippen molar-refractivity contribution >= 4 is 27.3 Å². The van der Waals surface area contributed by atoms with Crippen molar-refractivity contribution in [2.24, 2.45) is 5.41 Å². The number of phenols is 1. The van der Waals surface area contributed by atoms with Gasteiger partial charge in [-0.3, -0.25) is 4.72 Å². The summed E-state index contributed by atoms with van der Waals surface area (Å²) in [6.45, 7) is 5.95. The minimum Gasteiger partial charge on any atom is -0.508 e. The van der Waals surface area contributed by atoms with E-state index in [-0.39, 0.29) is 27.6 Å². The zero-order chi connectivity index (χ0) is 14.0. The zero-order valence-electron chi connectivity index (χ0n) is 10.7. The standard InChI is InChI=1S/C12H18ClNO3S/c1-12(2,3)6-7-18(16,17)14-11-5-4-9(15)8-10(11)13/h4-5,8,14-15H,6-7H2,1-3H3. The normalized spacial score (nSPS) is 12.4. The quantitative estimate of drug-likeness (QED) is 0.837. The molecule has 0 radical (unpaired) electrons. The van der Waals surface area contributed by atoms with Crippen molar-refractivity contribution in [1.82, 2.24) is 0 Å². The molecule has 0 aromatic heterocycles. The molecule has 1 aromatic rings. The SMILES string of the molecule is CC(C)(C)CCS(=O)(=O)Nc1ccc(O)cc1Cl. The second-order valence-electron chi connectivity index (χ2n) is 5.40. The van der Waals surface area contributed by atoms with Crippen molar-refractivity contribution in [2.75, 3.05) is 10.5 Å². The van der Waals surface area contributed by atoms with Crippen molar-refractivity contribution in [2.45, 2.75) is 27.2 Å². The van der Waals surface area contributed by atoms with Gasteiger partial charge in [0.1, 0.15) is 5.75 Å². The Bertz CT molecular complexity index is 521. The fourth-order valence-corrected chi connectivity index (χ4v) is 3.02. The molecule has 0 bridgehead atoms. The number of sulfonamides is 1. The van der Waals surface area contributed by atoms with Crippen LogP contribution in [0.25, 0.3) is 0 Å². The molecule has 0 aliphatic rings. The van der Waals surface area contributed by atoms with E-state index < -0.39 is 10.0 Å². The van der Waals surface area contributed by atoms with Crippen LogP contribution < -0.4 is 4.72 Å². The van der Waals surface area contributed by atoms with Crippen LogP contribution in [0.4, 0.5) is 5.69 Å². The molecule has 1 rings (SSSR count). The first kappa shape index (κ1) is 15.1. The van der Waals surface area contributed by atoms with E-state index in [4.69, 9.17) is 11.6 Å². The third-order valence-electron chi connectivity index (χ3n) is 2.34. The molecule has 0 aliphatic heterocycles. The topological polar surface area (TPSA) is 66.4 Å². The Labute approximate surface area is 113 Å². The van der Waals surface area contributed by atoms with E-state index in [9.17, 15) is 13.5 Å². The Balaban J connectivity index is 2.77. The number of rotatable bonds is 4. The number of halogens is 1. The monoisotopic (exact) mass is 291 g/mol. The number of hydrogen-bond donors (Lipinski definition) is 2. The maximum atomic E-state index is 11.9. The van der Waals surface area contributed by atoms with Gasteiger partial charge in [0.15, 0.2) is 0 Å². The van der Waals surface area contributed by atoms with E-state index in [0.717, 1.165) is 0 Å². The fourth-order valence-electron chi connectivity index (χ4n) is 1.25. The number of nitrogens with one attached hydrogen (secondary N) is 1. The predicted molar refractivity (Wildman–Crippen MR) is 74.6 cm³/mol. The molecule has 0 heterocycles. The molecule has 0 saturated heterocycles. The van der Waals surface area contributed by atoms with Crippen LogP contribution in [0.2, 0.25) is 5.02 Å². The molecule has 18 heavy (non-hydrogen) atoms. The molecule has 2 N–H and O–H groups in total. The lowest BCUT2D eigenvalue weighted by Gasteiger charge is -2.18. The number of phenolic OH excluding ortho intramolecular Hbond substituents is 1. The van der Waals surface area contributed by atoms with Crippen LogP contribution >= 0.6 is 11.6 Å². The maximum Gasteiger partial charge on any atom is 0.232 e. The molecular weight excluding hydrogens is 274 g/mol. The second kappa shape index (κ2) is 5.36. The van der Waals surface area contributed by atoms with E-state index in [1.54, 1.807) is 0 Å². The molecule has 4 nitrogen and oxygen atoms in total.